The second kappa shape index (κ2) is 8.75. The minimum absolute atomic E-state index is 0.220. The zero-order valence-electron chi connectivity index (χ0n) is 17.4. The Hall–Kier alpha value is -2.72. The summed E-state index contributed by atoms with van der Waals surface area (Å²) in [6, 6.07) is 27.9. The summed E-state index contributed by atoms with van der Waals surface area (Å²) in [6.07, 6.45) is 0.319. The molecule has 3 aromatic carbocycles. The van der Waals surface area contributed by atoms with E-state index in [2.05, 4.69) is 0 Å². The number of ether oxygens (including phenoxy) is 1. The van der Waals surface area contributed by atoms with Gasteiger partial charge in [-0.05, 0) is 79.6 Å². The standard InChI is InChI=1S/C25H28O3S/c1-5-24(26)28-29(21-12-8-6-9-13-21,22-14-10-7-11-15-22)23-18-16-20(17-19-23)27-25(2,3)4/h6-19H,5H2,1-4H3. The van der Waals surface area contributed by atoms with Crippen molar-refractivity contribution in [2.75, 3.05) is 0 Å². The first kappa shape index (κ1) is 21.0. The van der Waals surface area contributed by atoms with Crippen molar-refractivity contribution in [3.05, 3.63) is 84.9 Å². The first-order valence-electron chi connectivity index (χ1n) is 9.80. The SMILES string of the molecule is CCC(=O)OS(c1ccccc1)(c1ccccc1)c1ccc(OC(C)(C)C)cc1. The third kappa shape index (κ3) is 4.83. The van der Waals surface area contributed by atoms with Gasteiger partial charge in [0.15, 0.2) is 0 Å². The first-order valence-corrected chi connectivity index (χ1v) is 11.4. The van der Waals surface area contributed by atoms with Crippen LogP contribution in [0.5, 0.6) is 5.75 Å². The maximum Gasteiger partial charge on any atom is 0.316 e. The molecule has 29 heavy (non-hydrogen) atoms. The van der Waals surface area contributed by atoms with Crippen LogP contribution in [0.15, 0.2) is 99.6 Å². The third-order valence-electron chi connectivity index (χ3n) is 4.24. The lowest BCUT2D eigenvalue weighted by Crippen LogP contribution is -2.22. The minimum atomic E-state index is -2.21. The lowest BCUT2D eigenvalue weighted by Gasteiger charge is -2.39. The van der Waals surface area contributed by atoms with Gasteiger partial charge >= 0.3 is 5.97 Å². The molecule has 0 spiro atoms. The predicted molar refractivity (Wildman–Crippen MR) is 118 cm³/mol. The Labute approximate surface area is 175 Å². The van der Waals surface area contributed by atoms with Crippen molar-refractivity contribution in [3.63, 3.8) is 0 Å². The van der Waals surface area contributed by atoms with Crippen LogP contribution < -0.4 is 4.74 Å². The van der Waals surface area contributed by atoms with Crippen LogP contribution in [0.3, 0.4) is 0 Å². The molecule has 3 aromatic rings. The van der Waals surface area contributed by atoms with Crippen molar-refractivity contribution in [1.82, 2.24) is 0 Å². The fraction of sp³-hybridized carbons (Fsp3) is 0.240. The van der Waals surface area contributed by atoms with Gasteiger partial charge in [0.1, 0.15) is 11.4 Å². The highest BCUT2D eigenvalue weighted by molar-refractivity contribution is 8.30. The van der Waals surface area contributed by atoms with Crippen LogP contribution in [-0.4, -0.2) is 11.6 Å². The van der Waals surface area contributed by atoms with Gasteiger partial charge in [-0.3, -0.25) is 4.79 Å². The molecule has 0 radical (unpaired) electrons. The predicted octanol–water partition coefficient (Wildman–Crippen LogP) is 7.01. The number of benzene rings is 3. The molecule has 3 nitrogen and oxygen atoms in total. The van der Waals surface area contributed by atoms with Crippen molar-refractivity contribution < 1.29 is 13.7 Å². The average Bonchev–Trinajstić information content (AvgIpc) is 2.72. The molecule has 0 atom stereocenters. The van der Waals surface area contributed by atoms with E-state index in [1.54, 1.807) is 0 Å². The molecule has 0 aliphatic rings. The number of hydrogen-bond donors (Lipinski definition) is 0. The van der Waals surface area contributed by atoms with Crippen LogP contribution in [0.25, 0.3) is 0 Å². The monoisotopic (exact) mass is 408 g/mol. The van der Waals surface area contributed by atoms with Crippen LogP contribution >= 0.6 is 10.3 Å². The Morgan fingerprint density at radius 2 is 1.21 bits per heavy atom. The van der Waals surface area contributed by atoms with Crippen LogP contribution in [0.1, 0.15) is 34.1 Å². The van der Waals surface area contributed by atoms with E-state index >= 15 is 0 Å². The molecule has 0 saturated heterocycles. The normalized spacial score (nSPS) is 12.3. The summed E-state index contributed by atoms with van der Waals surface area (Å²) in [7, 11) is -2.21. The summed E-state index contributed by atoms with van der Waals surface area (Å²) < 4.78 is 12.3. The molecule has 0 saturated carbocycles. The van der Waals surface area contributed by atoms with Crippen molar-refractivity contribution in [1.29, 1.82) is 0 Å². The summed E-state index contributed by atoms with van der Waals surface area (Å²) in [5, 5.41) is 0. The fourth-order valence-electron chi connectivity index (χ4n) is 3.03. The number of hydrogen-bond acceptors (Lipinski definition) is 3. The summed E-state index contributed by atoms with van der Waals surface area (Å²) in [4.78, 5) is 15.5. The van der Waals surface area contributed by atoms with E-state index in [4.69, 9.17) is 8.92 Å². The van der Waals surface area contributed by atoms with Gasteiger partial charge in [0.05, 0.1) is 0 Å². The highest BCUT2D eigenvalue weighted by atomic mass is 32.3. The lowest BCUT2D eigenvalue weighted by atomic mass is 10.2. The van der Waals surface area contributed by atoms with Crippen LogP contribution in [0.4, 0.5) is 0 Å². The average molecular weight is 409 g/mol. The smallest absolute Gasteiger partial charge is 0.316 e. The summed E-state index contributed by atoms with van der Waals surface area (Å²) in [6.45, 7) is 7.89. The Morgan fingerprint density at radius 3 is 1.62 bits per heavy atom. The van der Waals surface area contributed by atoms with Gasteiger partial charge in [-0.25, -0.2) is 0 Å². The Bertz CT molecular complexity index is 890. The van der Waals surface area contributed by atoms with Gasteiger partial charge in [0.2, 0.25) is 0 Å². The highest BCUT2D eigenvalue weighted by Crippen LogP contribution is 2.69. The van der Waals surface area contributed by atoms with E-state index in [9.17, 15) is 4.79 Å². The lowest BCUT2D eigenvalue weighted by molar-refractivity contribution is -0.133. The molecule has 4 heteroatoms. The van der Waals surface area contributed by atoms with Gasteiger partial charge in [-0.15, -0.1) is 0 Å². The van der Waals surface area contributed by atoms with Crippen LogP contribution in [-0.2, 0) is 8.98 Å². The zero-order valence-corrected chi connectivity index (χ0v) is 18.2. The van der Waals surface area contributed by atoms with Crippen LogP contribution in [0.2, 0.25) is 0 Å². The summed E-state index contributed by atoms with van der Waals surface area (Å²) in [5.74, 6) is 0.570. The minimum Gasteiger partial charge on any atom is -0.488 e. The maximum atomic E-state index is 12.6. The van der Waals surface area contributed by atoms with E-state index in [0.29, 0.717) is 6.42 Å². The van der Waals surface area contributed by atoms with E-state index in [-0.39, 0.29) is 11.6 Å². The number of carbonyl (C=O) groups is 1. The molecule has 0 aliphatic heterocycles. The van der Waals surface area contributed by atoms with E-state index in [1.165, 1.54) is 0 Å². The Kier molecular flexibility index (Phi) is 6.33. The maximum absolute atomic E-state index is 12.6. The number of rotatable bonds is 6. The topological polar surface area (TPSA) is 35.5 Å². The van der Waals surface area contributed by atoms with Gasteiger partial charge in [-0.2, -0.15) is 0 Å². The summed E-state index contributed by atoms with van der Waals surface area (Å²) in [5.41, 5.74) is -0.279. The second-order valence-corrected chi connectivity index (χ2v) is 10.4. The molecular weight excluding hydrogens is 380 g/mol. The van der Waals surface area contributed by atoms with Gasteiger partial charge in [0.25, 0.3) is 0 Å². The van der Waals surface area contributed by atoms with Gasteiger partial charge in [-0.1, -0.05) is 43.3 Å². The summed E-state index contributed by atoms with van der Waals surface area (Å²) >= 11 is 0. The van der Waals surface area contributed by atoms with E-state index in [1.807, 2.05) is 113 Å². The molecule has 0 fully saturated rings. The molecular formula is C25H28O3S. The molecule has 0 aliphatic carbocycles. The Morgan fingerprint density at radius 1 is 0.759 bits per heavy atom. The largest absolute Gasteiger partial charge is 0.488 e. The van der Waals surface area contributed by atoms with Crippen molar-refractivity contribution in [3.8, 4) is 5.75 Å². The van der Waals surface area contributed by atoms with Gasteiger partial charge < -0.3 is 8.92 Å². The van der Waals surface area contributed by atoms with Gasteiger partial charge in [0, 0.05) is 21.1 Å². The van der Waals surface area contributed by atoms with E-state index in [0.717, 1.165) is 20.4 Å². The molecule has 0 heterocycles. The molecule has 0 aromatic heterocycles. The molecule has 0 unspecified atom stereocenters. The fourth-order valence-corrected chi connectivity index (χ4v) is 6.13. The third-order valence-corrected chi connectivity index (χ3v) is 7.48. The quantitative estimate of drug-likeness (QED) is 0.440. The van der Waals surface area contributed by atoms with Crippen molar-refractivity contribution in [2.24, 2.45) is 0 Å². The zero-order chi connectivity index (χ0) is 20.9. The molecule has 0 bridgehead atoms. The van der Waals surface area contributed by atoms with E-state index < -0.39 is 10.3 Å². The Balaban J connectivity index is 2.20. The molecule has 0 N–H and O–H groups in total. The highest BCUT2D eigenvalue weighted by Gasteiger charge is 2.35. The molecule has 0 amide bonds. The van der Waals surface area contributed by atoms with Crippen molar-refractivity contribution in [2.45, 2.75) is 54.4 Å². The number of carbonyl (C=O) groups excluding carboxylic acids is 1. The molecule has 3 rings (SSSR count). The second-order valence-electron chi connectivity index (χ2n) is 7.68. The van der Waals surface area contributed by atoms with Crippen LogP contribution in [0, 0.1) is 0 Å². The molecule has 152 valence electrons. The first-order chi connectivity index (χ1) is 13.8. The van der Waals surface area contributed by atoms with Crippen molar-refractivity contribution >= 4 is 16.3 Å².